The van der Waals surface area contributed by atoms with Gasteiger partial charge in [0.1, 0.15) is 0 Å². The van der Waals surface area contributed by atoms with E-state index in [1.54, 1.807) is 12.3 Å². The molecule has 1 aromatic carbocycles. The molecule has 1 aromatic heterocycles. The summed E-state index contributed by atoms with van der Waals surface area (Å²) in [6.45, 7) is 3.10. The summed E-state index contributed by atoms with van der Waals surface area (Å²) < 4.78 is 43.4. The van der Waals surface area contributed by atoms with Gasteiger partial charge in [0.2, 0.25) is 6.17 Å². The Kier molecular flexibility index (Phi) is 6.19. The number of aliphatic hydroxyl groups excluding tert-OH is 1. The molecule has 1 aliphatic carbocycles. The smallest absolute Gasteiger partial charge is 0.396 e. The van der Waals surface area contributed by atoms with Crippen molar-refractivity contribution in [3.8, 4) is 0 Å². The maximum absolute atomic E-state index is 13.9. The third-order valence-electron chi connectivity index (χ3n) is 6.50. The number of alkyl halides is 3. The minimum absolute atomic E-state index is 0.0569. The Labute approximate surface area is 194 Å². The fourth-order valence-electron chi connectivity index (χ4n) is 4.61. The van der Waals surface area contributed by atoms with Gasteiger partial charge in [0.05, 0.1) is 22.7 Å². The molecule has 8 nitrogen and oxygen atoms in total. The van der Waals surface area contributed by atoms with Crippen molar-refractivity contribution in [3.05, 3.63) is 35.7 Å². The largest absolute Gasteiger partial charge is 0.429 e. The number of carbonyl (C=O) groups excluding carboxylic acids is 1. The van der Waals surface area contributed by atoms with Gasteiger partial charge >= 0.3 is 6.18 Å². The number of nitrogens with two attached hydrogens (primary N) is 1. The Bertz CT molecular complexity index is 1140. The van der Waals surface area contributed by atoms with Crippen LogP contribution in [0.2, 0.25) is 0 Å². The van der Waals surface area contributed by atoms with Gasteiger partial charge in [-0.3, -0.25) is 14.5 Å². The summed E-state index contributed by atoms with van der Waals surface area (Å²) in [5.74, 6) is -0.633. The van der Waals surface area contributed by atoms with Gasteiger partial charge in [0.25, 0.3) is 5.91 Å². The number of hydrogen-bond donors (Lipinski definition) is 3. The second kappa shape index (κ2) is 8.70. The highest BCUT2D eigenvalue weighted by molar-refractivity contribution is 6.12. The van der Waals surface area contributed by atoms with E-state index in [-0.39, 0.29) is 35.4 Å². The van der Waals surface area contributed by atoms with Crippen LogP contribution in [0.25, 0.3) is 10.9 Å². The van der Waals surface area contributed by atoms with E-state index in [9.17, 15) is 28.2 Å². The first-order chi connectivity index (χ1) is 15.9. The Morgan fingerprint density at radius 2 is 1.88 bits per heavy atom. The summed E-state index contributed by atoms with van der Waals surface area (Å²) >= 11 is 0. The summed E-state index contributed by atoms with van der Waals surface area (Å²) in [5.41, 5.74) is 4.41. The molecule has 11 heteroatoms. The molecule has 4 rings (SSSR count). The van der Waals surface area contributed by atoms with Crippen LogP contribution in [0.4, 0.5) is 18.9 Å². The van der Waals surface area contributed by atoms with Crippen LogP contribution in [0, 0.1) is 5.92 Å². The van der Waals surface area contributed by atoms with Crippen LogP contribution in [0.5, 0.6) is 0 Å². The average Bonchev–Trinajstić information content (AvgIpc) is 3.20. The molecule has 4 N–H and O–H groups in total. The molecular weight excluding hydrogens is 451 g/mol. The van der Waals surface area contributed by atoms with Crippen LogP contribution in [-0.2, 0) is 10.4 Å². The minimum Gasteiger partial charge on any atom is -0.396 e. The number of halogens is 3. The van der Waals surface area contributed by atoms with Gasteiger partial charge in [-0.05, 0) is 57.6 Å². The number of rotatable bonds is 5. The summed E-state index contributed by atoms with van der Waals surface area (Å²) in [4.78, 5) is 16.1. The summed E-state index contributed by atoms with van der Waals surface area (Å²) in [6, 6.07) is 3.22. The van der Waals surface area contributed by atoms with Crippen molar-refractivity contribution in [2.45, 2.75) is 63.5 Å². The number of benzene rings is 1. The fourth-order valence-corrected chi connectivity index (χ4v) is 4.61. The van der Waals surface area contributed by atoms with E-state index in [1.807, 2.05) is 4.68 Å². The lowest BCUT2D eigenvalue weighted by atomic mass is 9.87. The summed E-state index contributed by atoms with van der Waals surface area (Å²) in [7, 11) is 0. The number of primary amides is 1. The molecule has 0 spiro atoms. The number of nitrogens with zero attached hydrogens (tertiary/aromatic N) is 4. The van der Waals surface area contributed by atoms with E-state index in [0.717, 1.165) is 43.0 Å². The number of hydrogen-bond acceptors (Lipinski definition) is 6. The minimum atomic E-state index is -4.74. The lowest BCUT2D eigenvalue weighted by Gasteiger charge is -2.35. The second-order valence-corrected chi connectivity index (χ2v) is 9.50. The van der Waals surface area contributed by atoms with Crippen LogP contribution >= 0.6 is 0 Å². The van der Waals surface area contributed by atoms with E-state index in [0.29, 0.717) is 10.9 Å². The van der Waals surface area contributed by atoms with Crippen LogP contribution < -0.4 is 10.6 Å². The van der Waals surface area contributed by atoms with Crippen LogP contribution in [0.1, 0.15) is 51.1 Å². The highest BCUT2D eigenvalue weighted by Crippen LogP contribution is 2.40. The quantitative estimate of drug-likeness (QED) is 0.609. The van der Waals surface area contributed by atoms with Gasteiger partial charge in [-0.25, -0.2) is 0 Å². The Morgan fingerprint density at radius 3 is 2.44 bits per heavy atom. The molecule has 0 radical (unpaired) electrons. The van der Waals surface area contributed by atoms with Crippen LogP contribution in [-0.4, -0.2) is 51.1 Å². The third-order valence-corrected chi connectivity index (χ3v) is 6.50. The van der Waals surface area contributed by atoms with Crippen molar-refractivity contribution in [1.29, 1.82) is 0 Å². The average molecular weight is 480 g/mol. The van der Waals surface area contributed by atoms with Crippen LogP contribution in [0.15, 0.2) is 35.1 Å². The zero-order chi connectivity index (χ0) is 24.8. The lowest BCUT2D eigenvalue weighted by molar-refractivity contribution is -0.145. The normalized spacial score (nSPS) is 23.9. The van der Waals surface area contributed by atoms with Gasteiger partial charge in [-0.2, -0.15) is 18.3 Å². The standard InChI is InChI=1S/C23H28F3N5O3/c1-22(2,34)17-8-18-14(11-31(29-18)16-5-3-13(12-32)4-6-16)7-19(17)30-10-15(20(27)33)9-28-21(30)23(24,25)26/h7-11,13,16,21,32,34H,3-6,12H2,1-2H3,(H2,27,33). The molecular formula is C23H28F3N5O3. The molecule has 2 aliphatic rings. The molecule has 1 saturated carbocycles. The molecule has 0 bridgehead atoms. The highest BCUT2D eigenvalue weighted by atomic mass is 19.4. The van der Waals surface area contributed by atoms with Gasteiger partial charge in [0, 0.05) is 41.9 Å². The molecule has 1 atom stereocenters. The number of aromatic nitrogens is 2. The van der Waals surface area contributed by atoms with Gasteiger partial charge < -0.3 is 20.8 Å². The lowest BCUT2D eigenvalue weighted by Crippen LogP contribution is -2.45. The number of fused-ring (bicyclic) bond motifs is 1. The topological polar surface area (TPSA) is 117 Å². The molecule has 1 fully saturated rings. The first-order valence-corrected chi connectivity index (χ1v) is 11.1. The molecule has 34 heavy (non-hydrogen) atoms. The van der Waals surface area contributed by atoms with E-state index < -0.39 is 23.9 Å². The highest BCUT2D eigenvalue weighted by Gasteiger charge is 2.46. The maximum atomic E-state index is 13.9. The zero-order valence-electron chi connectivity index (χ0n) is 19.0. The molecule has 1 amide bonds. The number of anilines is 1. The summed E-state index contributed by atoms with van der Waals surface area (Å²) in [6.07, 6.45) is 0.0262. The fraction of sp³-hybridized carbons (Fsp3) is 0.522. The number of carbonyl (C=O) groups is 1. The van der Waals surface area contributed by atoms with Crippen molar-refractivity contribution in [2.24, 2.45) is 16.6 Å². The predicted molar refractivity (Wildman–Crippen MR) is 121 cm³/mol. The maximum Gasteiger partial charge on any atom is 0.429 e. The van der Waals surface area contributed by atoms with Gasteiger partial charge in [-0.1, -0.05) is 0 Å². The van der Waals surface area contributed by atoms with E-state index in [4.69, 9.17) is 5.73 Å². The second-order valence-electron chi connectivity index (χ2n) is 9.50. The zero-order valence-corrected chi connectivity index (χ0v) is 19.0. The Hall–Kier alpha value is -2.92. The SMILES string of the molecule is CC(C)(O)c1cc2nn(C3CCC(CO)CC3)cc2cc1N1C=C(C(N)=O)C=NC1C(F)(F)F. The Morgan fingerprint density at radius 1 is 1.21 bits per heavy atom. The molecule has 0 saturated heterocycles. The summed E-state index contributed by atoms with van der Waals surface area (Å²) in [5, 5.41) is 25.4. The van der Waals surface area contributed by atoms with Gasteiger partial charge in [-0.15, -0.1) is 0 Å². The molecule has 1 aliphatic heterocycles. The Balaban J connectivity index is 1.82. The van der Waals surface area contributed by atoms with Crippen molar-refractivity contribution in [1.82, 2.24) is 9.78 Å². The number of amides is 1. The van der Waals surface area contributed by atoms with E-state index in [1.165, 1.54) is 19.9 Å². The molecule has 2 aromatic rings. The molecule has 184 valence electrons. The van der Waals surface area contributed by atoms with Gasteiger partial charge in [0.15, 0.2) is 0 Å². The predicted octanol–water partition coefficient (Wildman–Crippen LogP) is 3.14. The van der Waals surface area contributed by atoms with E-state index >= 15 is 0 Å². The van der Waals surface area contributed by atoms with Crippen molar-refractivity contribution < 1.29 is 28.2 Å². The van der Waals surface area contributed by atoms with Crippen molar-refractivity contribution in [2.75, 3.05) is 11.5 Å². The van der Waals surface area contributed by atoms with Crippen LogP contribution in [0.3, 0.4) is 0 Å². The number of aliphatic imine (C=N–C) groups is 1. The third kappa shape index (κ3) is 4.67. The van der Waals surface area contributed by atoms with Crippen molar-refractivity contribution >= 4 is 28.7 Å². The molecule has 2 heterocycles. The number of aliphatic hydroxyl groups is 2. The first-order valence-electron chi connectivity index (χ1n) is 11.1. The first kappa shape index (κ1) is 24.2. The van der Waals surface area contributed by atoms with Crippen molar-refractivity contribution in [3.63, 3.8) is 0 Å². The monoisotopic (exact) mass is 479 g/mol. The van der Waals surface area contributed by atoms with E-state index in [2.05, 4.69) is 10.1 Å². The molecule has 1 unspecified atom stereocenters.